The maximum absolute atomic E-state index is 11.3. The second kappa shape index (κ2) is 7.26. The average Bonchev–Trinajstić information content (AvgIpc) is 2.19. The Morgan fingerprint density at radius 1 is 1.35 bits per heavy atom. The minimum absolute atomic E-state index is 0.200. The van der Waals surface area contributed by atoms with E-state index in [1.54, 1.807) is 0 Å². The van der Waals surface area contributed by atoms with Gasteiger partial charge in [0.05, 0.1) is 5.75 Å². The third-order valence-electron chi connectivity index (χ3n) is 2.18. The second-order valence-electron chi connectivity index (χ2n) is 3.98. The Bertz CT molecular complexity index is 363. The van der Waals surface area contributed by atoms with Crippen molar-refractivity contribution in [3.8, 4) is 0 Å². The number of carboxylic acids is 1. The summed E-state index contributed by atoms with van der Waals surface area (Å²) in [5.41, 5.74) is 0. The maximum Gasteiger partial charge on any atom is 0.326 e. The summed E-state index contributed by atoms with van der Waals surface area (Å²) in [4.78, 5) is 22.1. The lowest BCUT2D eigenvalue weighted by atomic mass is 10.1. The lowest BCUT2D eigenvalue weighted by Gasteiger charge is -2.13. The van der Waals surface area contributed by atoms with Gasteiger partial charge in [-0.15, -0.1) is 0 Å². The van der Waals surface area contributed by atoms with Crippen molar-refractivity contribution in [2.75, 3.05) is 12.0 Å². The van der Waals surface area contributed by atoms with Gasteiger partial charge in [-0.3, -0.25) is 4.79 Å². The fourth-order valence-electron chi connectivity index (χ4n) is 1.21. The van der Waals surface area contributed by atoms with Gasteiger partial charge in [-0.2, -0.15) is 0 Å². The Labute approximate surface area is 101 Å². The highest BCUT2D eigenvalue weighted by Gasteiger charge is 2.19. The van der Waals surface area contributed by atoms with E-state index in [-0.39, 0.29) is 12.2 Å². The fourth-order valence-corrected chi connectivity index (χ4v) is 1.77. The number of unbranched alkanes of at least 4 members (excludes halogenated alkanes) is 1. The molecule has 7 heteroatoms. The van der Waals surface area contributed by atoms with Gasteiger partial charge < -0.3 is 10.4 Å². The minimum atomic E-state index is -3.20. The average molecular weight is 265 g/mol. The summed E-state index contributed by atoms with van der Waals surface area (Å²) in [6, 6.07) is -0.929. The molecule has 0 radical (unpaired) electrons. The van der Waals surface area contributed by atoms with E-state index in [4.69, 9.17) is 5.11 Å². The molecular weight excluding hydrogens is 246 g/mol. The Balaban J connectivity index is 4.17. The van der Waals surface area contributed by atoms with Gasteiger partial charge in [-0.25, -0.2) is 13.2 Å². The first-order valence-electron chi connectivity index (χ1n) is 5.46. The number of aliphatic carboxylic acids is 1. The number of rotatable bonds is 8. The lowest BCUT2D eigenvalue weighted by Crippen LogP contribution is -2.41. The van der Waals surface area contributed by atoms with Crippen molar-refractivity contribution < 1.29 is 23.1 Å². The summed E-state index contributed by atoms with van der Waals surface area (Å²) in [6.07, 6.45) is 2.73. The van der Waals surface area contributed by atoms with Gasteiger partial charge in [0, 0.05) is 12.7 Å². The van der Waals surface area contributed by atoms with E-state index in [2.05, 4.69) is 5.32 Å². The molecule has 0 aromatic rings. The van der Waals surface area contributed by atoms with Gasteiger partial charge in [0.2, 0.25) is 5.91 Å². The molecule has 0 rings (SSSR count). The zero-order valence-corrected chi connectivity index (χ0v) is 10.9. The van der Waals surface area contributed by atoms with Crippen LogP contribution in [0.2, 0.25) is 0 Å². The highest BCUT2D eigenvalue weighted by Crippen LogP contribution is 2.01. The van der Waals surface area contributed by atoms with E-state index in [0.717, 1.165) is 12.7 Å². The smallest absolute Gasteiger partial charge is 0.326 e. The monoisotopic (exact) mass is 265 g/mol. The first-order valence-corrected chi connectivity index (χ1v) is 7.52. The largest absolute Gasteiger partial charge is 0.480 e. The summed E-state index contributed by atoms with van der Waals surface area (Å²) in [6.45, 7) is 1.92. The first-order chi connectivity index (χ1) is 7.76. The second-order valence-corrected chi connectivity index (χ2v) is 6.24. The summed E-state index contributed by atoms with van der Waals surface area (Å²) >= 11 is 0. The highest BCUT2D eigenvalue weighted by molar-refractivity contribution is 7.90. The topological polar surface area (TPSA) is 101 Å². The molecular formula is C10H19NO5S. The molecule has 0 aliphatic rings. The predicted molar refractivity (Wildman–Crippen MR) is 63.4 cm³/mol. The summed E-state index contributed by atoms with van der Waals surface area (Å²) < 4.78 is 21.7. The molecule has 6 nitrogen and oxygen atoms in total. The first kappa shape index (κ1) is 15.9. The van der Waals surface area contributed by atoms with Crippen LogP contribution >= 0.6 is 0 Å². The Kier molecular flexibility index (Phi) is 6.79. The molecule has 17 heavy (non-hydrogen) atoms. The Morgan fingerprint density at radius 3 is 2.35 bits per heavy atom. The SMILES string of the molecule is CCCCC(NC(=O)CCS(C)(=O)=O)C(=O)O. The van der Waals surface area contributed by atoms with Crippen LogP contribution in [-0.4, -0.2) is 43.5 Å². The number of hydrogen-bond acceptors (Lipinski definition) is 4. The molecule has 0 saturated carbocycles. The van der Waals surface area contributed by atoms with Crippen LogP contribution < -0.4 is 5.32 Å². The Hall–Kier alpha value is -1.11. The maximum atomic E-state index is 11.3. The van der Waals surface area contributed by atoms with Crippen LogP contribution in [0.1, 0.15) is 32.6 Å². The van der Waals surface area contributed by atoms with Crippen molar-refractivity contribution in [3.63, 3.8) is 0 Å². The zero-order valence-electron chi connectivity index (χ0n) is 10.1. The van der Waals surface area contributed by atoms with Gasteiger partial charge >= 0.3 is 5.97 Å². The molecule has 0 fully saturated rings. The van der Waals surface area contributed by atoms with E-state index in [1.165, 1.54) is 0 Å². The quantitative estimate of drug-likeness (QED) is 0.652. The minimum Gasteiger partial charge on any atom is -0.480 e. The van der Waals surface area contributed by atoms with Gasteiger partial charge in [0.1, 0.15) is 15.9 Å². The van der Waals surface area contributed by atoms with Gasteiger partial charge in [-0.1, -0.05) is 19.8 Å². The van der Waals surface area contributed by atoms with Crippen molar-refractivity contribution in [1.29, 1.82) is 0 Å². The zero-order chi connectivity index (χ0) is 13.5. The van der Waals surface area contributed by atoms with Crippen molar-refractivity contribution >= 4 is 21.7 Å². The molecule has 0 saturated heterocycles. The number of amides is 1. The molecule has 1 amide bonds. The number of carboxylic acid groups (broad SMARTS) is 1. The number of sulfone groups is 1. The van der Waals surface area contributed by atoms with Crippen LogP contribution in [-0.2, 0) is 19.4 Å². The molecule has 0 aromatic carbocycles. The van der Waals surface area contributed by atoms with Gasteiger partial charge in [-0.05, 0) is 6.42 Å². The van der Waals surface area contributed by atoms with Crippen LogP contribution in [0.25, 0.3) is 0 Å². The number of carbonyl (C=O) groups is 2. The normalized spacial score (nSPS) is 13.1. The third kappa shape index (κ3) is 8.67. The van der Waals surface area contributed by atoms with E-state index < -0.39 is 27.8 Å². The van der Waals surface area contributed by atoms with Crippen LogP contribution in [0.15, 0.2) is 0 Å². The van der Waals surface area contributed by atoms with Crippen LogP contribution in [0.5, 0.6) is 0 Å². The molecule has 0 aliphatic heterocycles. The van der Waals surface area contributed by atoms with Crippen LogP contribution in [0, 0.1) is 0 Å². The van der Waals surface area contributed by atoms with Crippen molar-refractivity contribution in [1.82, 2.24) is 5.32 Å². The van der Waals surface area contributed by atoms with Gasteiger partial charge in [0.25, 0.3) is 0 Å². The van der Waals surface area contributed by atoms with Gasteiger partial charge in [0.15, 0.2) is 0 Å². The third-order valence-corrected chi connectivity index (χ3v) is 3.13. The predicted octanol–water partition coefficient (Wildman–Crippen LogP) is 0.181. The molecule has 0 aliphatic carbocycles. The van der Waals surface area contributed by atoms with E-state index in [0.29, 0.717) is 12.8 Å². The van der Waals surface area contributed by atoms with Crippen molar-refractivity contribution in [3.05, 3.63) is 0 Å². The summed E-state index contributed by atoms with van der Waals surface area (Å²) in [7, 11) is -3.20. The lowest BCUT2D eigenvalue weighted by molar-refractivity contribution is -0.142. The molecule has 1 atom stereocenters. The van der Waals surface area contributed by atoms with Crippen molar-refractivity contribution in [2.45, 2.75) is 38.6 Å². The number of carbonyl (C=O) groups excluding carboxylic acids is 1. The molecule has 0 aromatic heterocycles. The van der Waals surface area contributed by atoms with E-state index in [9.17, 15) is 18.0 Å². The fraction of sp³-hybridized carbons (Fsp3) is 0.800. The summed E-state index contributed by atoms with van der Waals surface area (Å²) in [5.74, 6) is -1.90. The van der Waals surface area contributed by atoms with Crippen LogP contribution in [0.3, 0.4) is 0 Å². The highest BCUT2D eigenvalue weighted by atomic mass is 32.2. The molecule has 0 bridgehead atoms. The van der Waals surface area contributed by atoms with Crippen LogP contribution in [0.4, 0.5) is 0 Å². The Morgan fingerprint density at radius 2 is 1.94 bits per heavy atom. The molecule has 1 unspecified atom stereocenters. The standard InChI is InChI=1S/C10H19NO5S/c1-3-4-5-8(10(13)14)11-9(12)6-7-17(2,15)16/h8H,3-7H2,1-2H3,(H,11,12)(H,13,14). The molecule has 0 spiro atoms. The van der Waals surface area contributed by atoms with Crippen molar-refractivity contribution in [2.24, 2.45) is 0 Å². The van der Waals surface area contributed by atoms with E-state index >= 15 is 0 Å². The molecule has 100 valence electrons. The molecule has 0 heterocycles. The van der Waals surface area contributed by atoms with E-state index in [1.807, 2.05) is 6.92 Å². The molecule has 2 N–H and O–H groups in total. The number of hydrogen-bond donors (Lipinski definition) is 2. The summed E-state index contributed by atoms with van der Waals surface area (Å²) in [5, 5.41) is 11.2. The number of nitrogens with one attached hydrogen (secondary N) is 1.